The highest BCUT2D eigenvalue weighted by Gasteiger charge is 2.22. The summed E-state index contributed by atoms with van der Waals surface area (Å²) in [4.78, 5) is 4.87. The first-order valence-corrected chi connectivity index (χ1v) is 8.13. The summed E-state index contributed by atoms with van der Waals surface area (Å²) in [6.45, 7) is 6.98. The zero-order valence-electron chi connectivity index (χ0n) is 13.3. The highest BCUT2D eigenvalue weighted by molar-refractivity contribution is 5.29. The van der Waals surface area contributed by atoms with Crippen molar-refractivity contribution in [1.82, 2.24) is 9.80 Å². The Morgan fingerprint density at radius 2 is 2.00 bits per heavy atom. The summed E-state index contributed by atoms with van der Waals surface area (Å²) in [6.07, 6.45) is 2.83. The van der Waals surface area contributed by atoms with Crippen LogP contribution in [0.4, 0.5) is 4.39 Å². The van der Waals surface area contributed by atoms with Crippen molar-refractivity contribution < 1.29 is 13.9 Å². The molecule has 5 heteroatoms. The number of methoxy groups -OCH3 is 1. The summed E-state index contributed by atoms with van der Waals surface area (Å²) >= 11 is 0. The van der Waals surface area contributed by atoms with Crippen LogP contribution in [-0.4, -0.2) is 62.3 Å². The Bertz CT molecular complexity index is 484. The number of benzene rings is 1. The van der Waals surface area contributed by atoms with Crippen molar-refractivity contribution in [2.24, 2.45) is 0 Å². The van der Waals surface area contributed by atoms with Crippen LogP contribution in [0.25, 0.3) is 0 Å². The van der Waals surface area contributed by atoms with Gasteiger partial charge in [-0.2, -0.15) is 0 Å². The van der Waals surface area contributed by atoms with Crippen LogP contribution in [0.1, 0.15) is 18.4 Å². The van der Waals surface area contributed by atoms with E-state index in [0.29, 0.717) is 11.9 Å². The minimum absolute atomic E-state index is 0.281. The molecule has 2 heterocycles. The van der Waals surface area contributed by atoms with E-state index in [0.717, 1.165) is 51.4 Å². The second-order valence-electron chi connectivity index (χ2n) is 6.18. The third-order valence-corrected chi connectivity index (χ3v) is 4.57. The zero-order valence-corrected chi connectivity index (χ0v) is 13.3. The van der Waals surface area contributed by atoms with Crippen LogP contribution in [-0.2, 0) is 11.3 Å². The maximum atomic E-state index is 13.7. The van der Waals surface area contributed by atoms with Gasteiger partial charge >= 0.3 is 0 Å². The first kappa shape index (κ1) is 15.7. The van der Waals surface area contributed by atoms with Crippen molar-refractivity contribution in [3.63, 3.8) is 0 Å². The summed E-state index contributed by atoms with van der Waals surface area (Å²) in [5.41, 5.74) is 1.01. The standard InChI is InChI=1S/C17H25FN2O2/c1-21-17-5-4-14(11-16(17)18)12-19-6-8-20(9-7-19)13-15-3-2-10-22-15/h4-5,11,15H,2-3,6-10,12-13H2,1H3/t15-/m1/s1. The second kappa shape index (κ2) is 7.40. The van der Waals surface area contributed by atoms with Crippen molar-refractivity contribution >= 4 is 0 Å². The van der Waals surface area contributed by atoms with E-state index in [2.05, 4.69) is 9.80 Å². The highest BCUT2D eigenvalue weighted by Crippen LogP contribution is 2.19. The molecule has 2 saturated heterocycles. The lowest BCUT2D eigenvalue weighted by molar-refractivity contribution is 0.0489. The largest absolute Gasteiger partial charge is 0.494 e. The second-order valence-corrected chi connectivity index (χ2v) is 6.18. The highest BCUT2D eigenvalue weighted by atomic mass is 19.1. The predicted octanol–water partition coefficient (Wildman–Crippen LogP) is 2.13. The lowest BCUT2D eigenvalue weighted by Gasteiger charge is -2.35. The topological polar surface area (TPSA) is 24.9 Å². The summed E-state index contributed by atoms with van der Waals surface area (Å²) in [5, 5.41) is 0. The first-order chi connectivity index (χ1) is 10.7. The monoisotopic (exact) mass is 308 g/mol. The van der Waals surface area contributed by atoms with Gasteiger partial charge in [0.25, 0.3) is 0 Å². The lowest BCUT2D eigenvalue weighted by atomic mass is 10.1. The molecule has 2 fully saturated rings. The van der Waals surface area contributed by atoms with Gasteiger partial charge in [0.2, 0.25) is 0 Å². The average Bonchev–Trinajstić information content (AvgIpc) is 3.02. The SMILES string of the molecule is COc1ccc(CN2CCN(C[C@H]3CCCO3)CC2)cc1F. The maximum Gasteiger partial charge on any atom is 0.165 e. The summed E-state index contributed by atoms with van der Waals surface area (Å²) in [5.74, 6) is 0.0298. The van der Waals surface area contributed by atoms with E-state index in [1.165, 1.54) is 20.0 Å². The van der Waals surface area contributed by atoms with Crippen LogP contribution < -0.4 is 4.74 Å². The predicted molar refractivity (Wildman–Crippen MR) is 83.6 cm³/mol. The Balaban J connectivity index is 1.46. The van der Waals surface area contributed by atoms with Gasteiger partial charge in [0.05, 0.1) is 13.2 Å². The molecule has 4 nitrogen and oxygen atoms in total. The minimum Gasteiger partial charge on any atom is -0.494 e. The van der Waals surface area contributed by atoms with Crippen molar-refractivity contribution in [2.75, 3.05) is 46.4 Å². The van der Waals surface area contributed by atoms with Gasteiger partial charge in [-0.3, -0.25) is 9.80 Å². The van der Waals surface area contributed by atoms with Crippen LogP contribution in [0.15, 0.2) is 18.2 Å². The zero-order chi connectivity index (χ0) is 15.4. The fraction of sp³-hybridized carbons (Fsp3) is 0.647. The van der Waals surface area contributed by atoms with Gasteiger partial charge in [-0.15, -0.1) is 0 Å². The fourth-order valence-electron chi connectivity index (χ4n) is 3.27. The normalized spacial score (nSPS) is 23.8. The molecule has 122 valence electrons. The van der Waals surface area contributed by atoms with E-state index < -0.39 is 0 Å². The molecule has 0 amide bonds. The number of nitrogens with zero attached hydrogens (tertiary/aromatic N) is 2. The van der Waals surface area contributed by atoms with Crippen LogP contribution in [0.5, 0.6) is 5.75 Å². The van der Waals surface area contributed by atoms with E-state index >= 15 is 0 Å². The Labute approximate surface area is 131 Å². The molecule has 0 aromatic heterocycles. The number of hydrogen-bond donors (Lipinski definition) is 0. The van der Waals surface area contributed by atoms with Gasteiger partial charge in [-0.1, -0.05) is 6.07 Å². The molecule has 0 aliphatic carbocycles. The van der Waals surface area contributed by atoms with Gasteiger partial charge in [-0.05, 0) is 30.5 Å². The third-order valence-electron chi connectivity index (χ3n) is 4.57. The van der Waals surface area contributed by atoms with Crippen LogP contribution in [0, 0.1) is 5.82 Å². The van der Waals surface area contributed by atoms with E-state index in [1.807, 2.05) is 6.07 Å². The van der Waals surface area contributed by atoms with Crippen LogP contribution in [0.2, 0.25) is 0 Å². The molecular weight excluding hydrogens is 283 g/mol. The molecule has 3 rings (SSSR count). The molecule has 1 aromatic rings. The van der Waals surface area contributed by atoms with Gasteiger partial charge < -0.3 is 9.47 Å². The third kappa shape index (κ3) is 3.97. The van der Waals surface area contributed by atoms with Gasteiger partial charge in [0.15, 0.2) is 11.6 Å². The number of ether oxygens (including phenoxy) is 2. The fourth-order valence-corrected chi connectivity index (χ4v) is 3.27. The molecular formula is C17H25FN2O2. The molecule has 2 aliphatic rings. The molecule has 0 radical (unpaired) electrons. The molecule has 0 bridgehead atoms. The number of halogens is 1. The molecule has 2 aliphatic heterocycles. The number of hydrogen-bond acceptors (Lipinski definition) is 4. The molecule has 0 saturated carbocycles. The van der Waals surface area contributed by atoms with Crippen molar-refractivity contribution in [1.29, 1.82) is 0 Å². The molecule has 22 heavy (non-hydrogen) atoms. The van der Waals surface area contributed by atoms with Gasteiger partial charge in [0, 0.05) is 45.9 Å². The van der Waals surface area contributed by atoms with E-state index in [1.54, 1.807) is 12.1 Å². The number of rotatable bonds is 5. The van der Waals surface area contributed by atoms with Crippen molar-refractivity contribution in [3.8, 4) is 5.75 Å². The van der Waals surface area contributed by atoms with Gasteiger partial charge in [0.1, 0.15) is 0 Å². The Morgan fingerprint density at radius 1 is 1.23 bits per heavy atom. The summed E-state index contributed by atoms with van der Waals surface area (Å²) in [7, 11) is 1.49. The van der Waals surface area contributed by atoms with Crippen LogP contribution >= 0.6 is 0 Å². The Morgan fingerprint density at radius 3 is 2.64 bits per heavy atom. The Hall–Kier alpha value is -1.17. The first-order valence-electron chi connectivity index (χ1n) is 8.13. The molecule has 1 atom stereocenters. The maximum absolute atomic E-state index is 13.7. The average molecular weight is 308 g/mol. The van der Waals surface area contributed by atoms with E-state index in [9.17, 15) is 4.39 Å². The van der Waals surface area contributed by atoms with Crippen molar-refractivity contribution in [2.45, 2.75) is 25.5 Å². The molecule has 0 spiro atoms. The molecule has 0 N–H and O–H groups in total. The number of piperazine rings is 1. The van der Waals surface area contributed by atoms with E-state index in [-0.39, 0.29) is 5.82 Å². The molecule has 1 aromatic carbocycles. The summed E-state index contributed by atoms with van der Waals surface area (Å²) < 4.78 is 24.4. The lowest BCUT2D eigenvalue weighted by Crippen LogP contribution is -2.48. The van der Waals surface area contributed by atoms with Crippen LogP contribution in [0.3, 0.4) is 0 Å². The minimum atomic E-state index is -0.281. The quantitative estimate of drug-likeness (QED) is 0.832. The molecule has 0 unspecified atom stereocenters. The van der Waals surface area contributed by atoms with E-state index in [4.69, 9.17) is 9.47 Å². The van der Waals surface area contributed by atoms with Crippen molar-refractivity contribution in [3.05, 3.63) is 29.6 Å². The summed E-state index contributed by atoms with van der Waals surface area (Å²) in [6, 6.07) is 5.23. The van der Waals surface area contributed by atoms with Gasteiger partial charge in [-0.25, -0.2) is 4.39 Å². The Kier molecular flexibility index (Phi) is 5.28. The smallest absolute Gasteiger partial charge is 0.165 e.